The van der Waals surface area contributed by atoms with Gasteiger partial charge in [0.15, 0.2) is 0 Å². The van der Waals surface area contributed by atoms with Gasteiger partial charge in [0, 0.05) is 18.6 Å². The number of esters is 1. The minimum Gasteiger partial charge on any atom is -0.453 e. The van der Waals surface area contributed by atoms with Crippen LogP contribution in [0, 0.1) is 10.1 Å². The van der Waals surface area contributed by atoms with Crippen LogP contribution in [0.5, 0.6) is 5.75 Å². The molecular formula is C17H16N2O6. The molecule has 0 aliphatic carbocycles. The standard InChI is InChI=1S/C17H16N2O6/c1-24-17(21)18-15(11-12-5-3-2-4-6-12)16(20)25-14-9-7-13(8-10-14)19(22)23/h2-10,15H,11H2,1H3,(H,18,21)/t15-/m0/s1. The number of alkyl carbamates (subject to hydrolysis) is 1. The molecule has 0 unspecified atom stereocenters. The number of benzene rings is 2. The molecule has 25 heavy (non-hydrogen) atoms. The summed E-state index contributed by atoms with van der Waals surface area (Å²) in [7, 11) is 1.19. The molecule has 1 amide bonds. The van der Waals surface area contributed by atoms with Crippen molar-refractivity contribution < 1.29 is 24.0 Å². The highest BCUT2D eigenvalue weighted by molar-refractivity contribution is 5.83. The van der Waals surface area contributed by atoms with Crippen molar-refractivity contribution in [1.82, 2.24) is 5.32 Å². The summed E-state index contributed by atoms with van der Waals surface area (Å²) in [5.41, 5.74) is 0.706. The maximum absolute atomic E-state index is 12.4. The zero-order valence-electron chi connectivity index (χ0n) is 13.4. The molecule has 2 aromatic rings. The molecule has 1 N–H and O–H groups in total. The topological polar surface area (TPSA) is 108 Å². The van der Waals surface area contributed by atoms with Crippen LogP contribution >= 0.6 is 0 Å². The summed E-state index contributed by atoms with van der Waals surface area (Å²) >= 11 is 0. The van der Waals surface area contributed by atoms with Gasteiger partial charge in [-0.3, -0.25) is 10.1 Å². The SMILES string of the molecule is COC(=O)N[C@@H](Cc1ccccc1)C(=O)Oc1ccc([N+](=O)[O-])cc1. The Kier molecular flexibility index (Phi) is 6.05. The molecule has 0 fully saturated rings. The molecule has 0 radical (unpaired) electrons. The lowest BCUT2D eigenvalue weighted by Crippen LogP contribution is -2.44. The van der Waals surface area contributed by atoms with Crippen molar-refractivity contribution in [2.45, 2.75) is 12.5 Å². The number of nitro groups is 1. The Morgan fingerprint density at radius 3 is 2.32 bits per heavy atom. The fourth-order valence-electron chi connectivity index (χ4n) is 2.07. The summed E-state index contributed by atoms with van der Waals surface area (Å²) < 4.78 is 9.73. The van der Waals surface area contributed by atoms with E-state index in [9.17, 15) is 19.7 Å². The van der Waals surface area contributed by atoms with Crippen molar-refractivity contribution in [2.75, 3.05) is 7.11 Å². The van der Waals surface area contributed by atoms with Crippen LogP contribution in [0.25, 0.3) is 0 Å². The number of carbonyl (C=O) groups is 2. The minimum atomic E-state index is -0.968. The summed E-state index contributed by atoms with van der Waals surface area (Å²) in [5.74, 6) is -0.566. The average molecular weight is 344 g/mol. The zero-order chi connectivity index (χ0) is 18.2. The number of hydrogen-bond acceptors (Lipinski definition) is 6. The van der Waals surface area contributed by atoms with E-state index in [1.165, 1.54) is 31.4 Å². The van der Waals surface area contributed by atoms with E-state index in [1.807, 2.05) is 30.3 Å². The van der Waals surface area contributed by atoms with Crippen LogP contribution < -0.4 is 10.1 Å². The van der Waals surface area contributed by atoms with E-state index >= 15 is 0 Å². The molecule has 130 valence electrons. The third-order valence-electron chi connectivity index (χ3n) is 3.31. The molecule has 0 saturated carbocycles. The first kappa shape index (κ1) is 17.9. The summed E-state index contributed by atoms with van der Waals surface area (Å²) in [5, 5.41) is 13.1. The van der Waals surface area contributed by atoms with Gasteiger partial charge in [-0.05, 0) is 17.7 Å². The van der Waals surface area contributed by atoms with Crippen LogP contribution in [0.15, 0.2) is 54.6 Å². The van der Waals surface area contributed by atoms with Gasteiger partial charge in [-0.25, -0.2) is 9.59 Å². The number of ether oxygens (including phenoxy) is 2. The van der Waals surface area contributed by atoms with E-state index in [2.05, 4.69) is 10.1 Å². The number of nitro benzene ring substituents is 1. The lowest BCUT2D eigenvalue weighted by molar-refractivity contribution is -0.384. The first-order valence-corrected chi connectivity index (χ1v) is 7.34. The Balaban J connectivity index is 2.10. The molecular weight excluding hydrogens is 328 g/mol. The van der Waals surface area contributed by atoms with Gasteiger partial charge >= 0.3 is 12.1 Å². The fraction of sp³-hybridized carbons (Fsp3) is 0.176. The zero-order valence-corrected chi connectivity index (χ0v) is 13.4. The van der Waals surface area contributed by atoms with Gasteiger partial charge in [-0.2, -0.15) is 0 Å². The number of amides is 1. The molecule has 2 rings (SSSR count). The maximum Gasteiger partial charge on any atom is 0.407 e. The Bertz CT molecular complexity index is 745. The van der Waals surface area contributed by atoms with Crippen LogP contribution in [0.3, 0.4) is 0 Å². The predicted molar refractivity (Wildman–Crippen MR) is 88.2 cm³/mol. The van der Waals surface area contributed by atoms with Gasteiger partial charge in [0.1, 0.15) is 11.8 Å². The molecule has 0 bridgehead atoms. The summed E-state index contributed by atoms with van der Waals surface area (Å²) in [6, 6.07) is 13.2. The molecule has 0 spiro atoms. The van der Waals surface area contributed by atoms with Crippen molar-refractivity contribution in [3.8, 4) is 5.75 Å². The molecule has 0 aromatic heterocycles. The molecule has 8 nitrogen and oxygen atoms in total. The van der Waals surface area contributed by atoms with Crippen LogP contribution in [-0.2, 0) is 16.0 Å². The lowest BCUT2D eigenvalue weighted by atomic mass is 10.1. The Morgan fingerprint density at radius 1 is 1.12 bits per heavy atom. The molecule has 8 heteroatoms. The minimum absolute atomic E-state index is 0.117. The Hall–Kier alpha value is -3.42. The van der Waals surface area contributed by atoms with E-state index in [4.69, 9.17) is 4.74 Å². The third-order valence-corrected chi connectivity index (χ3v) is 3.31. The highest BCUT2D eigenvalue weighted by atomic mass is 16.6. The van der Waals surface area contributed by atoms with Gasteiger partial charge in [-0.15, -0.1) is 0 Å². The first-order valence-electron chi connectivity index (χ1n) is 7.34. The molecule has 0 aliphatic heterocycles. The van der Waals surface area contributed by atoms with E-state index in [0.717, 1.165) is 5.56 Å². The third kappa shape index (κ3) is 5.31. The summed E-state index contributed by atoms with van der Waals surface area (Å²) in [6.45, 7) is 0. The number of nitrogens with one attached hydrogen (secondary N) is 1. The van der Waals surface area contributed by atoms with Crippen molar-refractivity contribution in [3.63, 3.8) is 0 Å². The van der Waals surface area contributed by atoms with Gasteiger partial charge in [0.25, 0.3) is 5.69 Å². The second kappa shape index (κ2) is 8.44. The molecule has 0 heterocycles. The van der Waals surface area contributed by atoms with Gasteiger partial charge in [0.2, 0.25) is 0 Å². The normalized spacial score (nSPS) is 11.2. The monoisotopic (exact) mass is 344 g/mol. The summed E-state index contributed by atoms with van der Waals surface area (Å²) in [4.78, 5) is 33.9. The first-order chi connectivity index (χ1) is 12.0. The lowest BCUT2D eigenvalue weighted by Gasteiger charge is -2.17. The smallest absolute Gasteiger partial charge is 0.407 e. The number of methoxy groups -OCH3 is 1. The van der Waals surface area contributed by atoms with Crippen LogP contribution in [-0.4, -0.2) is 30.1 Å². The quantitative estimate of drug-likeness (QED) is 0.373. The van der Waals surface area contributed by atoms with Gasteiger partial charge < -0.3 is 14.8 Å². The largest absolute Gasteiger partial charge is 0.453 e. The Morgan fingerprint density at radius 2 is 1.76 bits per heavy atom. The number of rotatable bonds is 6. The molecule has 1 atom stereocenters. The second-order valence-electron chi connectivity index (χ2n) is 5.05. The molecule has 0 aliphatic rings. The molecule has 0 saturated heterocycles. The van der Waals surface area contributed by atoms with Crippen molar-refractivity contribution in [3.05, 3.63) is 70.3 Å². The average Bonchev–Trinajstić information content (AvgIpc) is 2.62. The van der Waals surface area contributed by atoms with Crippen LogP contribution in [0.2, 0.25) is 0 Å². The number of nitrogens with zero attached hydrogens (tertiary/aromatic N) is 1. The highest BCUT2D eigenvalue weighted by Crippen LogP contribution is 2.18. The highest BCUT2D eigenvalue weighted by Gasteiger charge is 2.24. The van der Waals surface area contributed by atoms with E-state index < -0.39 is 23.0 Å². The second-order valence-corrected chi connectivity index (χ2v) is 5.05. The number of hydrogen-bond donors (Lipinski definition) is 1. The Labute approximate surface area is 143 Å². The van der Waals surface area contributed by atoms with Crippen LogP contribution in [0.4, 0.5) is 10.5 Å². The van der Waals surface area contributed by atoms with Crippen molar-refractivity contribution in [1.29, 1.82) is 0 Å². The van der Waals surface area contributed by atoms with E-state index in [1.54, 1.807) is 0 Å². The van der Waals surface area contributed by atoms with Gasteiger partial charge in [-0.1, -0.05) is 30.3 Å². The van der Waals surface area contributed by atoms with Crippen molar-refractivity contribution >= 4 is 17.7 Å². The fourth-order valence-corrected chi connectivity index (χ4v) is 2.07. The number of non-ortho nitro benzene ring substituents is 1. The van der Waals surface area contributed by atoms with E-state index in [-0.39, 0.29) is 17.9 Å². The van der Waals surface area contributed by atoms with Gasteiger partial charge in [0.05, 0.1) is 12.0 Å². The maximum atomic E-state index is 12.4. The van der Waals surface area contributed by atoms with Crippen molar-refractivity contribution in [2.24, 2.45) is 0 Å². The molecule has 2 aromatic carbocycles. The number of carbonyl (C=O) groups excluding carboxylic acids is 2. The predicted octanol–water partition coefficient (Wildman–Crippen LogP) is 2.47. The summed E-state index contributed by atoms with van der Waals surface area (Å²) in [6.07, 6.45) is -0.552. The van der Waals surface area contributed by atoms with Crippen LogP contribution in [0.1, 0.15) is 5.56 Å². The van der Waals surface area contributed by atoms with E-state index in [0.29, 0.717) is 0 Å².